The van der Waals surface area contributed by atoms with Crippen LogP contribution >= 0.6 is 25.3 Å². The minimum Gasteiger partial charge on any atom is -0.308 e. The topological polar surface area (TPSA) is 29.0 Å². The number of para-hydroxylation sites is 1. The first kappa shape index (κ1) is 45.4. The zero-order valence-corrected chi connectivity index (χ0v) is 39.9. The highest BCUT2D eigenvalue weighted by Crippen LogP contribution is 2.52. The molecule has 0 radical (unpaired) electrons. The summed E-state index contributed by atoms with van der Waals surface area (Å²) in [7, 11) is 0. The summed E-state index contributed by atoms with van der Waals surface area (Å²) in [6.07, 6.45) is 7.65. The molecular formula is C61H53N3S2. The quantitative estimate of drug-likeness (QED) is 0.133. The lowest BCUT2D eigenvalue weighted by Crippen LogP contribution is -2.16. The molecule has 66 heavy (non-hydrogen) atoms. The lowest BCUT2D eigenvalue weighted by Gasteiger charge is -2.34. The van der Waals surface area contributed by atoms with E-state index in [1.54, 1.807) is 6.08 Å². The molecule has 0 amide bonds. The third-order valence-corrected chi connectivity index (χ3v) is 12.6. The van der Waals surface area contributed by atoms with Crippen LogP contribution in [0.25, 0.3) is 72.2 Å². The Balaban J connectivity index is 0.000000153. The summed E-state index contributed by atoms with van der Waals surface area (Å²) >= 11 is 9.38. The van der Waals surface area contributed by atoms with Crippen molar-refractivity contribution in [3.8, 4) is 33.8 Å². The molecule has 3 heterocycles. The number of aromatic nitrogens is 2. The summed E-state index contributed by atoms with van der Waals surface area (Å²) in [6.45, 7) is 14.2. The van der Waals surface area contributed by atoms with Crippen LogP contribution in [0.1, 0.15) is 36.1 Å². The number of aryl methyl sites for hydroxylation is 3. The lowest BCUT2D eigenvalue weighted by atomic mass is 9.93. The summed E-state index contributed by atoms with van der Waals surface area (Å²) in [6, 6.07) is 63.1. The fourth-order valence-electron chi connectivity index (χ4n) is 8.68. The van der Waals surface area contributed by atoms with E-state index in [2.05, 4.69) is 214 Å². The highest BCUT2D eigenvalue weighted by molar-refractivity contribution is 7.80. The van der Waals surface area contributed by atoms with Gasteiger partial charge in [-0.05, 0) is 101 Å². The zero-order chi connectivity index (χ0) is 46.2. The average molecular weight is 892 g/mol. The molecule has 10 aromatic rings. The predicted octanol–water partition coefficient (Wildman–Crippen LogP) is 17.8. The van der Waals surface area contributed by atoms with Crippen LogP contribution in [-0.4, -0.2) is 9.97 Å². The summed E-state index contributed by atoms with van der Waals surface area (Å²) < 4.78 is 0. The van der Waals surface area contributed by atoms with Gasteiger partial charge in [-0.25, -0.2) is 4.98 Å². The molecule has 0 unspecified atom stereocenters. The molecule has 0 saturated heterocycles. The minimum absolute atomic E-state index is 0.921. The van der Waals surface area contributed by atoms with E-state index in [1.165, 1.54) is 49.2 Å². The van der Waals surface area contributed by atoms with Gasteiger partial charge >= 0.3 is 0 Å². The zero-order valence-electron chi connectivity index (χ0n) is 38.1. The van der Waals surface area contributed by atoms with Gasteiger partial charge < -0.3 is 4.90 Å². The molecule has 8 aromatic carbocycles. The van der Waals surface area contributed by atoms with Crippen molar-refractivity contribution in [2.45, 2.75) is 44.4 Å². The smallest absolute Gasteiger partial charge is 0.0830 e. The summed E-state index contributed by atoms with van der Waals surface area (Å²) in [5.41, 5.74) is 14.7. The molecule has 0 atom stereocenters. The maximum absolute atomic E-state index is 5.18. The Morgan fingerprint density at radius 1 is 0.500 bits per heavy atom. The van der Waals surface area contributed by atoms with Gasteiger partial charge in [0.2, 0.25) is 0 Å². The summed E-state index contributed by atoms with van der Waals surface area (Å²) in [5.74, 6) is 0. The number of hydrogen-bond donors (Lipinski definition) is 2. The molecule has 0 spiro atoms. The van der Waals surface area contributed by atoms with Gasteiger partial charge in [0.05, 0.1) is 34.1 Å². The van der Waals surface area contributed by atoms with Crippen molar-refractivity contribution >= 4 is 80.7 Å². The Labute approximate surface area is 400 Å². The average Bonchev–Trinajstić information content (AvgIpc) is 3.35. The molecule has 0 bridgehead atoms. The molecule has 2 aromatic heterocycles. The molecule has 3 nitrogen and oxygen atoms in total. The van der Waals surface area contributed by atoms with Crippen molar-refractivity contribution in [3.05, 3.63) is 229 Å². The maximum atomic E-state index is 5.18. The number of allylic oxidation sites excluding steroid dienone is 2. The standard InChI is InChI=1S/C31H22N2S.C17H15N.C11H10S.C2H6/c1-2-3-11-22-14-9-19-28(31(22)34)33-26-17-8-7-16-24(26)30-29-23(15-10-18-27(29)33)20-25(32-30)21-12-5-4-6-13-21;1-12-6-3-4-9-15(12)17-16-13(2)7-5-8-14(16)10-11-18-17;1-8-4-2-5-9-6-3-7-10(12)11(8)9;1-2/h2-20,34H,1H2;3-11H,1-2H3;2-7,12H,1H3;1-2H3/b11-3-;;;. The maximum Gasteiger partial charge on any atom is 0.0830 e. The normalized spacial score (nSPS) is 11.2. The summed E-state index contributed by atoms with van der Waals surface area (Å²) in [4.78, 5) is 14.1. The number of anilines is 3. The van der Waals surface area contributed by atoms with Crippen LogP contribution in [0.4, 0.5) is 17.1 Å². The number of pyridine rings is 2. The van der Waals surface area contributed by atoms with E-state index in [-0.39, 0.29) is 0 Å². The van der Waals surface area contributed by atoms with Gasteiger partial charge in [-0.15, -0.1) is 25.3 Å². The van der Waals surface area contributed by atoms with E-state index in [1.807, 2.05) is 50.4 Å². The van der Waals surface area contributed by atoms with Crippen molar-refractivity contribution < 1.29 is 0 Å². The van der Waals surface area contributed by atoms with Gasteiger partial charge in [0, 0.05) is 43.5 Å². The van der Waals surface area contributed by atoms with Gasteiger partial charge in [0.1, 0.15) is 0 Å². The lowest BCUT2D eigenvalue weighted by molar-refractivity contribution is 1.21. The first-order valence-corrected chi connectivity index (χ1v) is 23.3. The van der Waals surface area contributed by atoms with Gasteiger partial charge in [-0.1, -0.05) is 184 Å². The largest absolute Gasteiger partial charge is 0.308 e. The first-order chi connectivity index (χ1) is 32.3. The predicted molar refractivity (Wildman–Crippen MR) is 291 cm³/mol. The molecular weight excluding hydrogens is 839 g/mol. The molecule has 0 saturated carbocycles. The second-order valence-corrected chi connectivity index (χ2v) is 16.8. The van der Waals surface area contributed by atoms with Crippen LogP contribution in [0.3, 0.4) is 0 Å². The van der Waals surface area contributed by atoms with E-state index < -0.39 is 0 Å². The van der Waals surface area contributed by atoms with Crippen LogP contribution in [0.15, 0.2) is 217 Å². The van der Waals surface area contributed by atoms with Gasteiger partial charge in [0.25, 0.3) is 0 Å². The molecule has 5 heteroatoms. The monoisotopic (exact) mass is 891 g/mol. The van der Waals surface area contributed by atoms with E-state index in [4.69, 9.17) is 17.6 Å². The number of hydrogen-bond acceptors (Lipinski definition) is 5. The summed E-state index contributed by atoms with van der Waals surface area (Å²) in [5, 5.41) is 7.37. The fourth-order valence-corrected chi connectivity index (χ4v) is 9.40. The van der Waals surface area contributed by atoms with Crippen LogP contribution in [0.5, 0.6) is 0 Å². The third kappa shape index (κ3) is 9.19. The van der Waals surface area contributed by atoms with Crippen LogP contribution in [-0.2, 0) is 0 Å². The van der Waals surface area contributed by atoms with Gasteiger partial charge in [0.15, 0.2) is 0 Å². The SMILES string of the molecule is C=C/C=C\c1cccc(N2c3ccccc3-c3nc(-c4ccccc4)cc4cccc2c34)c1S.CC.Cc1cccc2cccc(S)c12.Cc1ccccc1-c1nccc2cccc(C)c12. The fraction of sp³-hybridized carbons (Fsp3) is 0.0820. The molecule has 0 N–H and O–H groups in total. The van der Waals surface area contributed by atoms with Crippen molar-refractivity contribution in [2.75, 3.05) is 4.90 Å². The Morgan fingerprint density at radius 3 is 1.80 bits per heavy atom. The highest BCUT2D eigenvalue weighted by Gasteiger charge is 2.28. The van der Waals surface area contributed by atoms with Crippen LogP contribution in [0.2, 0.25) is 0 Å². The number of fused-ring (bicyclic) bond motifs is 4. The van der Waals surface area contributed by atoms with E-state index in [0.29, 0.717) is 0 Å². The minimum atomic E-state index is 0.921. The number of thiol groups is 2. The van der Waals surface area contributed by atoms with Gasteiger partial charge in [-0.2, -0.15) is 0 Å². The second-order valence-electron chi connectivity index (χ2n) is 15.9. The van der Waals surface area contributed by atoms with Crippen LogP contribution in [0, 0.1) is 20.8 Å². The van der Waals surface area contributed by atoms with Crippen molar-refractivity contribution in [1.29, 1.82) is 0 Å². The Bertz CT molecular complexity index is 3330. The molecule has 1 aliphatic heterocycles. The Kier molecular flexibility index (Phi) is 14.3. The molecule has 11 rings (SSSR count). The van der Waals surface area contributed by atoms with Crippen molar-refractivity contribution in [1.82, 2.24) is 9.97 Å². The van der Waals surface area contributed by atoms with E-state index in [9.17, 15) is 0 Å². The molecule has 324 valence electrons. The number of rotatable bonds is 5. The second kappa shape index (κ2) is 20.8. The number of nitrogens with zero attached hydrogens (tertiary/aromatic N) is 3. The Hall–Kier alpha value is -7.18. The third-order valence-electron chi connectivity index (χ3n) is 11.7. The van der Waals surface area contributed by atoms with E-state index >= 15 is 0 Å². The number of benzene rings is 8. The molecule has 0 fully saturated rings. The van der Waals surface area contributed by atoms with Crippen molar-refractivity contribution in [3.63, 3.8) is 0 Å². The highest BCUT2D eigenvalue weighted by atomic mass is 32.1. The first-order valence-electron chi connectivity index (χ1n) is 22.4. The van der Waals surface area contributed by atoms with Crippen LogP contribution < -0.4 is 4.90 Å². The Morgan fingerprint density at radius 2 is 1.08 bits per heavy atom. The molecule has 0 aliphatic carbocycles. The molecule has 1 aliphatic rings. The van der Waals surface area contributed by atoms with E-state index in [0.717, 1.165) is 66.0 Å². The van der Waals surface area contributed by atoms with Gasteiger partial charge in [-0.3, -0.25) is 4.98 Å². The van der Waals surface area contributed by atoms with Crippen molar-refractivity contribution in [2.24, 2.45) is 0 Å².